The SMILES string of the molecule is CC1(C)C(/C=C/C=C(/C=C/C=C2/N(CCCCS(=O)(=O)O)c3ccccc3C2(C)C)C(=O)NCCCCCCC(=O)ON2C(=O)CCC2=O)=[N+](CCCCS(=O)(=O)O)c2ccccc21. The number of hydrogen-bond acceptors (Lipinski definition) is 10. The molecule has 17 heteroatoms. The number of anilines is 1. The lowest BCUT2D eigenvalue weighted by Gasteiger charge is -2.27. The van der Waals surface area contributed by atoms with Crippen LogP contribution < -0.4 is 10.2 Å². The third kappa shape index (κ3) is 13.2. The molecular formula is C47H61N4O11S2+. The number of benzene rings is 2. The van der Waals surface area contributed by atoms with Crippen LogP contribution in [0.1, 0.15) is 109 Å². The van der Waals surface area contributed by atoms with E-state index in [0.717, 1.165) is 33.9 Å². The zero-order valence-electron chi connectivity index (χ0n) is 37.1. The number of imide groups is 1. The summed E-state index contributed by atoms with van der Waals surface area (Å²) in [5, 5.41) is 3.56. The third-order valence-corrected chi connectivity index (χ3v) is 13.4. The average molecular weight is 922 g/mol. The molecule has 3 aliphatic heterocycles. The summed E-state index contributed by atoms with van der Waals surface area (Å²) in [6.07, 6.45) is 15.3. The summed E-state index contributed by atoms with van der Waals surface area (Å²) >= 11 is 0. The van der Waals surface area contributed by atoms with Crippen LogP contribution in [0.3, 0.4) is 0 Å². The number of fused-ring (bicyclic) bond motifs is 2. The number of carbonyl (C=O) groups excluding carboxylic acids is 4. The number of allylic oxidation sites excluding steroid dienone is 6. The van der Waals surface area contributed by atoms with Gasteiger partial charge in [-0.3, -0.25) is 23.5 Å². The van der Waals surface area contributed by atoms with Crippen molar-refractivity contribution in [1.82, 2.24) is 10.4 Å². The molecule has 0 aliphatic carbocycles. The summed E-state index contributed by atoms with van der Waals surface area (Å²) in [5.41, 5.74) is 5.68. The molecule has 5 rings (SSSR count). The minimum absolute atomic E-state index is 0.0310. The van der Waals surface area contributed by atoms with Crippen molar-refractivity contribution in [2.45, 2.75) is 109 Å². The molecule has 0 radical (unpaired) electrons. The smallest absolute Gasteiger partial charge is 0.333 e. The number of rotatable bonds is 23. The number of nitrogens with one attached hydrogen (secondary N) is 1. The Morgan fingerprint density at radius 2 is 1.41 bits per heavy atom. The Kier molecular flexibility index (Phi) is 16.8. The van der Waals surface area contributed by atoms with Crippen LogP contribution in [0.15, 0.2) is 96.3 Å². The van der Waals surface area contributed by atoms with Gasteiger partial charge in [0.05, 0.1) is 16.9 Å². The van der Waals surface area contributed by atoms with Crippen molar-refractivity contribution in [2.24, 2.45) is 0 Å². The van der Waals surface area contributed by atoms with Crippen molar-refractivity contribution in [3.8, 4) is 0 Å². The van der Waals surface area contributed by atoms with E-state index >= 15 is 0 Å². The molecule has 0 aromatic heterocycles. The molecule has 346 valence electrons. The second-order valence-corrected chi connectivity index (χ2v) is 20.5. The zero-order chi connectivity index (χ0) is 46.7. The van der Waals surface area contributed by atoms with Crippen LogP contribution in [0, 0.1) is 0 Å². The van der Waals surface area contributed by atoms with E-state index in [1.54, 1.807) is 12.2 Å². The normalized spacial score (nSPS) is 17.9. The minimum atomic E-state index is -4.08. The van der Waals surface area contributed by atoms with E-state index in [-0.39, 0.29) is 36.7 Å². The molecular weight excluding hydrogens is 861 g/mol. The molecule has 3 aliphatic rings. The van der Waals surface area contributed by atoms with E-state index in [1.807, 2.05) is 60.7 Å². The Morgan fingerprint density at radius 1 is 0.781 bits per heavy atom. The lowest BCUT2D eigenvalue weighted by Crippen LogP contribution is -2.31. The molecule has 0 bridgehead atoms. The third-order valence-electron chi connectivity index (χ3n) is 11.8. The van der Waals surface area contributed by atoms with Crippen LogP contribution in [0.5, 0.6) is 0 Å². The van der Waals surface area contributed by atoms with Crippen molar-refractivity contribution in [3.05, 3.63) is 107 Å². The number of unbranched alkanes of at least 4 members (excludes halogenated alkanes) is 5. The Bertz CT molecular complexity index is 2450. The fourth-order valence-electron chi connectivity index (χ4n) is 8.42. The first-order valence-electron chi connectivity index (χ1n) is 21.8. The molecule has 3 amide bonds. The van der Waals surface area contributed by atoms with E-state index in [0.29, 0.717) is 81.6 Å². The van der Waals surface area contributed by atoms with Crippen LogP contribution in [0.4, 0.5) is 11.4 Å². The number of hydrogen-bond donors (Lipinski definition) is 3. The maximum Gasteiger partial charge on any atom is 0.333 e. The highest BCUT2D eigenvalue weighted by molar-refractivity contribution is 7.86. The lowest BCUT2D eigenvalue weighted by molar-refractivity contribution is -0.438. The summed E-state index contributed by atoms with van der Waals surface area (Å²) in [4.78, 5) is 56.6. The molecule has 1 saturated heterocycles. The molecule has 1 fully saturated rings. The van der Waals surface area contributed by atoms with Gasteiger partial charge < -0.3 is 15.1 Å². The second kappa shape index (κ2) is 21.6. The number of amides is 3. The molecule has 64 heavy (non-hydrogen) atoms. The van der Waals surface area contributed by atoms with Crippen molar-refractivity contribution in [2.75, 3.05) is 36.0 Å². The summed E-state index contributed by atoms with van der Waals surface area (Å²) in [6.45, 7) is 9.85. The van der Waals surface area contributed by atoms with Crippen LogP contribution in [-0.2, 0) is 55.1 Å². The summed E-state index contributed by atoms with van der Waals surface area (Å²) in [5.74, 6) is -2.64. The van der Waals surface area contributed by atoms with Gasteiger partial charge in [0.15, 0.2) is 5.71 Å². The van der Waals surface area contributed by atoms with E-state index in [4.69, 9.17) is 4.84 Å². The van der Waals surface area contributed by atoms with Crippen molar-refractivity contribution < 1.29 is 54.5 Å². The van der Waals surface area contributed by atoms with Gasteiger partial charge in [-0.2, -0.15) is 21.4 Å². The molecule has 2 aromatic carbocycles. The quantitative estimate of drug-likeness (QED) is 0.0263. The van der Waals surface area contributed by atoms with E-state index in [9.17, 15) is 45.1 Å². The van der Waals surface area contributed by atoms with Crippen LogP contribution in [0.25, 0.3) is 0 Å². The maximum atomic E-state index is 13.9. The Hall–Kier alpha value is -5.23. The monoisotopic (exact) mass is 921 g/mol. The predicted octanol–water partition coefficient (Wildman–Crippen LogP) is 6.79. The van der Waals surface area contributed by atoms with Gasteiger partial charge in [-0.05, 0) is 75.8 Å². The van der Waals surface area contributed by atoms with E-state index in [1.165, 1.54) is 0 Å². The number of hydroxylamine groups is 2. The zero-order valence-corrected chi connectivity index (χ0v) is 38.8. The van der Waals surface area contributed by atoms with Crippen LogP contribution in [-0.4, -0.2) is 96.1 Å². The standard InChI is InChI=1S/C47H60N4O11S2/c1-46(2)36-21-8-10-23-38(36)49(31-13-15-33-63(56,57)58)40(46)25-17-19-35(45(55)48-30-12-6-5-7-27-44(54)62-51-42(52)28-29-43(51)53)20-18-26-41-47(3,4)37-22-9-11-24-39(37)50(41)32-14-16-34-64(59,60)61/h8-11,17-26H,5-7,12-16,27-34H2,1-4H3,(H2-,48,55,56,57,58,59,60,61)/p+1. The number of carbonyl (C=O) groups is 4. The van der Waals surface area contributed by atoms with Gasteiger partial charge in [0, 0.05) is 78.9 Å². The Morgan fingerprint density at radius 3 is 2.09 bits per heavy atom. The van der Waals surface area contributed by atoms with Crippen LogP contribution >= 0.6 is 0 Å². The fraction of sp³-hybridized carbons (Fsp3) is 0.468. The highest BCUT2D eigenvalue weighted by atomic mass is 32.2. The molecule has 3 N–H and O–H groups in total. The van der Waals surface area contributed by atoms with Crippen LogP contribution in [0.2, 0.25) is 0 Å². The topological polar surface area (TPSA) is 208 Å². The first kappa shape index (κ1) is 49.8. The highest BCUT2D eigenvalue weighted by Crippen LogP contribution is 2.47. The molecule has 3 heterocycles. The van der Waals surface area contributed by atoms with Crippen molar-refractivity contribution >= 4 is 61.0 Å². The average Bonchev–Trinajstić information content (AvgIpc) is 3.74. The Labute approximate surface area is 377 Å². The first-order chi connectivity index (χ1) is 30.2. The van der Waals surface area contributed by atoms with Gasteiger partial charge in [-0.25, -0.2) is 4.79 Å². The summed E-state index contributed by atoms with van der Waals surface area (Å²) in [7, 11) is -8.16. The van der Waals surface area contributed by atoms with E-state index in [2.05, 4.69) is 54.6 Å². The van der Waals surface area contributed by atoms with Crippen molar-refractivity contribution in [3.63, 3.8) is 0 Å². The highest BCUT2D eigenvalue weighted by Gasteiger charge is 2.44. The molecule has 0 atom stereocenters. The lowest BCUT2D eigenvalue weighted by atomic mass is 9.81. The van der Waals surface area contributed by atoms with Gasteiger partial charge in [-0.15, -0.1) is 5.06 Å². The fourth-order valence-corrected chi connectivity index (χ4v) is 9.56. The minimum Gasteiger partial charge on any atom is -0.352 e. The first-order valence-corrected chi connectivity index (χ1v) is 25.1. The van der Waals surface area contributed by atoms with Gasteiger partial charge in [0.25, 0.3) is 38.0 Å². The summed E-state index contributed by atoms with van der Waals surface area (Å²) in [6, 6.07) is 16.0. The maximum absolute atomic E-state index is 13.9. The number of para-hydroxylation sites is 2. The van der Waals surface area contributed by atoms with Gasteiger partial charge >= 0.3 is 5.97 Å². The van der Waals surface area contributed by atoms with Gasteiger partial charge in [0.1, 0.15) is 6.54 Å². The molecule has 2 aromatic rings. The summed E-state index contributed by atoms with van der Waals surface area (Å²) < 4.78 is 66.4. The second-order valence-electron chi connectivity index (χ2n) is 17.3. The molecule has 0 spiro atoms. The predicted molar refractivity (Wildman–Crippen MR) is 245 cm³/mol. The van der Waals surface area contributed by atoms with E-state index < -0.39 is 48.8 Å². The van der Waals surface area contributed by atoms with Gasteiger partial charge in [0.2, 0.25) is 5.69 Å². The molecule has 0 unspecified atom stereocenters. The molecule has 15 nitrogen and oxygen atoms in total. The largest absolute Gasteiger partial charge is 0.352 e. The van der Waals surface area contributed by atoms with Crippen molar-refractivity contribution in [1.29, 1.82) is 0 Å². The van der Waals surface area contributed by atoms with Gasteiger partial charge in [-0.1, -0.05) is 75.2 Å². The number of nitrogens with zero attached hydrogens (tertiary/aromatic N) is 3. The molecule has 0 saturated carbocycles. The Balaban J connectivity index is 1.34.